The molecule has 1 heterocycles. The Labute approximate surface area is 124 Å². The number of ketones is 1. The Morgan fingerprint density at radius 1 is 1.14 bits per heavy atom. The number of benzene rings is 1. The van der Waals surface area contributed by atoms with E-state index < -0.39 is 0 Å². The van der Waals surface area contributed by atoms with Crippen LogP contribution in [0.1, 0.15) is 17.3 Å². The molecule has 1 amide bonds. The molecule has 0 radical (unpaired) electrons. The second kappa shape index (κ2) is 6.54. The van der Waals surface area contributed by atoms with Crippen LogP contribution in [0.4, 0.5) is 0 Å². The molecule has 0 bridgehead atoms. The first kappa shape index (κ1) is 15.3. The van der Waals surface area contributed by atoms with Gasteiger partial charge in [-0.3, -0.25) is 14.5 Å². The zero-order chi connectivity index (χ0) is 15.4. The number of likely N-dealkylation sites (N-methyl/N-ethyl adjacent to an activating group) is 2. The number of carbonyl (C=O) groups is 2. The lowest BCUT2D eigenvalue weighted by molar-refractivity contribution is -0.129. The predicted molar refractivity (Wildman–Crippen MR) is 83.4 cm³/mol. The van der Waals surface area contributed by atoms with Crippen LogP contribution in [-0.4, -0.2) is 60.2 Å². The van der Waals surface area contributed by atoms with E-state index in [2.05, 4.69) is 4.98 Å². The third-order valence-corrected chi connectivity index (χ3v) is 3.56. The Hall–Kier alpha value is -2.14. The van der Waals surface area contributed by atoms with E-state index in [1.165, 1.54) is 0 Å². The fourth-order valence-corrected chi connectivity index (χ4v) is 2.20. The lowest BCUT2D eigenvalue weighted by atomic mass is 10.1. The maximum Gasteiger partial charge on any atom is 0.236 e. The number of hydrogen-bond acceptors (Lipinski definition) is 3. The molecule has 0 atom stereocenters. The lowest BCUT2D eigenvalue weighted by Gasteiger charge is -2.21. The minimum Gasteiger partial charge on any atom is -0.360 e. The molecule has 0 aliphatic carbocycles. The Morgan fingerprint density at radius 2 is 1.86 bits per heavy atom. The summed E-state index contributed by atoms with van der Waals surface area (Å²) >= 11 is 0. The van der Waals surface area contributed by atoms with E-state index in [0.717, 1.165) is 10.9 Å². The highest BCUT2D eigenvalue weighted by atomic mass is 16.2. The van der Waals surface area contributed by atoms with E-state index in [9.17, 15) is 9.59 Å². The number of aromatic nitrogens is 1. The molecule has 1 N–H and O–H groups in total. The van der Waals surface area contributed by atoms with Crippen LogP contribution >= 0.6 is 0 Å². The van der Waals surface area contributed by atoms with Crippen molar-refractivity contribution in [1.82, 2.24) is 14.8 Å². The monoisotopic (exact) mass is 287 g/mol. The fourth-order valence-electron chi connectivity index (χ4n) is 2.20. The number of fused-ring (bicyclic) bond motifs is 1. The molecule has 0 saturated carbocycles. The van der Waals surface area contributed by atoms with Crippen molar-refractivity contribution in [3.05, 3.63) is 36.0 Å². The van der Waals surface area contributed by atoms with Gasteiger partial charge in [-0.1, -0.05) is 25.1 Å². The van der Waals surface area contributed by atoms with Crippen LogP contribution in [0.25, 0.3) is 10.9 Å². The number of nitrogens with one attached hydrogen (secondary N) is 1. The minimum atomic E-state index is 0.00331. The minimum absolute atomic E-state index is 0.00331. The molecule has 2 rings (SSSR count). The van der Waals surface area contributed by atoms with Gasteiger partial charge in [0.05, 0.1) is 13.1 Å². The van der Waals surface area contributed by atoms with Gasteiger partial charge in [-0.2, -0.15) is 0 Å². The third kappa shape index (κ3) is 3.49. The van der Waals surface area contributed by atoms with Crippen molar-refractivity contribution in [1.29, 1.82) is 0 Å². The second-order valence-corrected chi connectivity index (χ2v) is 5.26. The molecule has 112 valence electrons. The molecule has 5 nitrogen and oxygen atoms in total. The number of para-hydroxylation sites is 1. The molecule has 2 aromatic rings. The molecule has 0 saturated heterocycles. The highest BCUT2D eigenvalue weighted by molar-refractivity contribution is 6.08. The van der Waals surface area contributed by atoms with Crippen molar-refractivity contribution in [2.45, 2.75) is 6.92 Å². The molecule has 0 spiro atoms. The largest absolute Gasteiger partial charge is 0.360 e. The van der Waals surface area contributed by atoms with Crippen molar-refractivity contribution in [3.8, 4) is 0 Å². The number of aromatic amines is 1. The number of Topliss-reactive ketones (excluding diaryl/α,β-unsaturated/α-hetero) is 1. The molecule has 0 aliphatic heterocycles. The lowest BCUT2D eigenvalue weighted by Crippen LogP contribution is -2.39. The van der Waals surface area contributed by atoms with E-state index in [1.807, 2.05) is 36.1 Å². The van der Waals surface area contributed by atoms with Gasteiger partial charge in [0.2, 0.25) is 5.91 Å². The van der Waals surface area contributed by atoms with Crippen LogP contribution in [0, 0.1) is 0 Å². The van der Waals surface area contributed by atoms with E-state index >= 15 is 0 Å². The molecule has 1 aromatic carbocycles. The number of nitrogens with zero attached hydrogens (tertiary/aromatic N) is 2. The molecule has 21 heavy (non-hydrogen) atoms. The molecule has 5 heteroatoms. The van der Waals surface area contributed by atoms with E-state index in [1.54, 1.807) is 25.2 Å². The smallest absolute Gasteiger partial charge is 0.236 e. The average Bonchev–Trinajstić information content (AvgIpc) is 2.90. The molecule has 1 aromatic heterocycles. The van der Waals surface area contributed by atoms with Gasteiger partial charge in [0.15, 0.2) is 5.78 Å². The summed E-state index contributed by atoms with van der Waals surface area (Å²) < 4.78 is 0. The first-order valence-electron chi connectivity index (χ1n) is 7.04. The van der Waals surface area contributed by atoms with Gasteiger partial charge in [0.1, 0.15) is 0 Å². The predicted octanol–water partition coefficient (Wildman–Crippen LogP) is 1.76. The van der Waals surface area contributed by atoms with E-state index in [4.69, 9.17) is 0 Å². The molecule has 0 fully saturated rings. The van der Waals surface area contributed by atoms with Gasteiger partial charge >= 0.3 is 0 Å². The van der Waals surface area contributed by atoms with Gasteiger partial charge in [-0.15, -0.1) is 0 Å². The van der Waals surface area contributed by atoms with Gasteiger partial charge in [-0.25, -0.2) is 0 Å². The topological polar surface area (TPSA) is 56.4 Å². The summed E-state index contributed by atoms with van der Waals surface area (Å²) in [4.78, 5) is 30.7. The third-order valence-electron chi connectivity index (χ3n) is 3.56. The molecular formula is C16H21N3O2. The van der Waals surface area contributed by atoms with Crippen LogP contribution in [0.2, 0.25) is 0 Å². The normalized spacial score (nSPS) is 11.0. The Balaban J connectivity index is 2.11. The van der Waals surface area contributed by atoms with Crippen LogP contribution in [0.3, 0.4) is 0 Å². The van der Waals surface area contributed by atoms with Crippen molar-refractivity contribution in [3.63, 3.8) is 0 Å². The highest BCUT2D eigenvalue weighted by Crippen LogP contribution is 2.18. The SMILES string of the molecule is CCN(CC(=O)c1c[nH]c2ccccc12)CC(=O)N(C)C. The first-order chi connectivity index (χ1) is 10.0. The summed E-state index contributed by atoms with van der Waals surface area (Å²) in [6.45, 7) is 3.12. The van der Waals surface area contributed by atoms with Crippen LogP contribution in [0.5, 0.6) is 0 Å². The summed E-state index contributed by atoms with van der Waals surface area (Å²) in [7, 11) is 3.44. The quantitative estimate of drug-likeness (QED) is 0.824. The number of amides is 1. The van der Waals surface area contributed by atoms with Gasteiger partial charge < -0.3 is 9.88 Å². The Kier molecular flexibility index (Phi) is 4.75. The summed E-state index contributed by atoms with van der Waals surface area (Å²) in [5.41, 5.74) is 1.63. The maximum absolute atomic E-state index is 12.5. The average molecular weight is 287 g/mol. The summed E-state index contributed by atoms with van der Waals surface area (Å²) in [5, 5.41) is 0.928. The van der Waals surface area contributed by atoms with Crippen molar-refractivity contribution < 1.29 is 9.59 Å². The summed E-state index contributed by atoms with van der Waals surface area (Å²) in [6, 6.07) is 7.72. The van der Waals surface area contributed by atoms with Crippen molar-refractivity contribution >= 4 is 22.6 Å². The van der Waals surface area contributed by atoms with Crippen LogP contribution < -0.4 is 0 Å². The number of hydrogen-bond donors (Lipinski definition) is 1. The van der Waals surface area contributed by atoms with Gasteiger partial charge in [0.25, 0.3) is 0 Å². The summed E-state index contributed by atoms with van der Waals surface area (Å²) in [5.74, 6) is 0.0319. The number of H-pyrrole nitrogens is 1. The van der Waals surface area contributed by atoms with Crippen molar-refractivity contribution in [2.24, 2.45) is 0 Å². The zero-order valence-corrected chi connectivity index (χ0v) is 12.7. The molecule has 0 aliphatic rings. The maximum atomic E-state index is 12.5. The van der Waals surface area contributed by atoms with Gasteiger partial charge in [0, 0.05) is 36.8 Å². The second-order valence-electron chi connectivity index (χ2n) is 5.26. The standard InChI is InChI=1S/C16H21N3O2/c1-4-19(11-16(21)18(2)3)10-15(20)13-9-17-14-8-6-5-7-12(13)14/h5-9,17H,4,10-11H2,1-3H3. The van der Waals surface area contributed by atoms with E-state index in [-0.39, 0.29) is 24.8 Å². The Morgan fingerprint density at radius 3 is 2.52 bits per heavy atom. The van der Waals surface area contributed by atoms with Crippen molar-refractivity contribution in [2.75, 3.05) is 33.7 Å². The van der Waals surface area contributed by atoms with E-state index in [0.29, 0.717) is 12.1 Å². The zero-order valence-electron chi connectivity index (χ0n) is 12.7. The van der Waals surface area contributed by atoms with Crippen LogP contribution in [-0.2, 0) is 4.79 Å². The highest BCUT2D eigenvalue weighted by Gasteiger charge is 2.17. The Bertz CT molecular complexity index is 646. The fraction of sp³-hybridized carbons (Fsp3) is 0.375. The summed E-state index contributed by atoms with van der Waals surface area (Å²) in [6.07, 6.45) is 1.74. The molecule has 0 unspecified atom stereocenters. The van der Waals surface area contributed by atoms with Crippen LogP contribution in [0.15, 0.2) is 30.5 Å². The first-order valence-corrected chi connectivity index (χ1v) is 7.04. The number of rotatable bonds is 6. The number of carbonyl (C=O) groups excluding carboxylic acids is 2. The van der Waals surface area contributed by atoms with Gasteiger partial charge in [-0.05, 0) is 12.6 Å². The molecular weight excluding hydrogens is 266 g/mol.